The number of aliphatic hydroxyl groups excluding tert-OH is 1. The van der Waals surface area contributed by atoms with E-state index in [-0.39, 0.29) is 0 Å². The highest BCUT2D eigenvalue weighted by atomic mass is 16.5. The number of rotatable bonds is 0. The maximum Gasteiger partial charge on any atom is 0.118 e. The summed E-state index contributed by atoms with van der Waals surface area (Å²) in [6, 6.07) is 0. The molecular formula is C6H8O2. The summed E-state index contributed by atoms with van der Waals surface area (Å²) in [4.78, 5) is 0. The van der Waals surface area contributed by atoms with Crippen LogP contribution in [-0.2, 0) is 4.74 Å². The van der Waals surface area contributed by atoms with Gasteiger partial charge in [-0.05, 0) is 13.0 Å². The summed E-state index contributed by atoms with van der Waals surface area (Å²) in [6.45, 7) is 2.30. The summed E-state index contributed by atoms with van der Waals surface area (Å²) >= 11 is 0. The van der Waals surface area contributed by atoms with Gasteiger partial charge in [-0.2, -0.15) is 0 Å². The number of ether oxygens (including phenoxy) is 1. The Hall–Kier alpha value is -0.920. The standard InChI is InChI=1S/C6H8O2/c1-5-4-6(7)2-3-8-5/h2,4,7H,3H2,1H3. The van der Waals surface area contributed by atoms with Crippen molar-refractivity contribution in [2.24, 2.45) is 0 Å². The molecule has 0 fully saturated rings. The van der Waals surface area contributed by atoms with Gasteiger partial charge in [0.05, 0.1) is 5.76 Å². The second-order valence-electron chi connectivity index (χ2n) is 1.69. The monoisotopic (exact) mass is 112 g/mol. The lowest BCUT2D eigenvalue weighted by Crippen LogP contribution is -1.96. The number of allylic oxidation sites excluding steroid dienone is 2. The van der Waals surface area contributed by atoms with Crippen molar-refractivity contribution in [3.63, 3.8) is 0 Å². The molecule has 0 saturated carbocycles. The molecule has 44 valence electrons. The Balaban J connectivity index is 2.69. The lowest BCUT2D eigenvalue weighted by Gasteiger charge is -2.07. The molecule has 1 aliphatic rings. The van der Waals surface area contributed by atoms with Crippen LogP contribution in [-0.4, -0.2) is 11.7 Å². The maximum atomic E-state index is 8.78. The second kappa shape index (κ2) is 1.90. The van der Waals surface area contributed by atoms with Gasteiger partial charge in [-0.15, -0.1) is 0 Å². The van der Waals surface area contributed by atoms with Crippen LogP contribution < -0.4 is 0 Å². The number of hydrogen-bond donors (Lipinski definition) is 1. The lowest BCUT2D eigenvalue weighted by molar-refractivity contribution is 0.234. The molecule has 1 N–H and O–H groups in total. The summed E-state index contributed by atoms with van der Waals surface area (Å²) in [5.41, 5.74) is 0. The predicted molar refractivity (Wildman–Crippen MR) is 30.4 cm³/mol. The van der Waals surface area contributed by atoms with Crippen molar-refractivity contribution in [3.05, 3.63) is 23.7 Å². The normalized spacial score (nSPS) is 18.6. The van der Waals surface area contributed by atoms with Crippen LogP contribution in [0.3, 0.4) is 0 Å². The average Bonchev–Trinajstić information content (AvgIpc) is 1.64. The molecule has 0 saturated heterocycles. The molecule has 0 aromatic carbocycles. The van der Waals surface area contributed by atoms with Crippen molar-refractivity contribution in [3.8, 4) is 0 Å². The molecular weight excluding hydrogens is 104 g/mol. The van der Waals surface area contributed by atoms with Crippen molar-refractivity contribution in [2.75, 3.05) is 6.61 Å². The first kappa shape index (κ1) is 5.22. The van der Waals surface area contributed by atoms with E-state index in [4.69, 9.17) is 9.84 Å². The first-order chi connectivity index (χ1) is 3.79. The molecule has 8 heavy (non-hydrogen) atoms. The Labute approximate surface area is 48.1 Å². The van der Waals surface area contributed by atoms with Crippen LogP contribution in [0, 0.1) is 0 Å². The van der Waals surface area contributed by atoms with Gasteiger partial charge in [0.25, 0.3) is 0 Å². The Morgan fingerprint density at radius 1 is 1.75 bits per heavy atom. The third-order valence-electron chi connectivity index (χ3n) is 0.955. The number of aliphatic hydroxyl groups is 1. The summed E-state index contributed by atoms with van der Waals surface area (Å²) in [7, 11) is 0. The minimum atomic E-state index is 0.300. The van der Waals surface area contributed by atoms with Crippen molar-refractivity contribution in [1.29, 1.82) is 0 Å². The van der Waals surface area contributed by atoms with E-state index < -0.39 is 0 Å². The highest BCUT2D eigenvalue weighted by molar-refractivity contribution is 5.16. The van der Waals surface area contributed by atoms with Gasteiger partial charge in [0.15, 0.2) is 0 Å². The van der Waals surface area contributed by atoms with Gasteiger partial charge in [0, 0.05) is 6.08 Å². The first-order valence-electron chi connectivity index (χ1n) is 2.49. The lowest BCUT2D eigenvalue weighted by atomic mass is 10.3. The van der Waals surface area contributed by atoms with Crippen molar-refractivity contribution in [1.82, 2.24) is 0 Å². The maximum absolute atomic E-state index is 8.78. The van der Waals surface area contributed by atoms with E-state index in [1.165, 1.54) is 0 Å². The molecule has 0 aromatic heterocycles. The van der Waals surface area contributed by atoms with Gasteiger partial charge in [0.2, 0.25) is 0 Å². The Bertz CT molecular complexity index is 145. The molecule has 0 bridgehead atoms. The smallest absolute Gasteiger partial charge is 0.118 e. The fourth-order valence-electron chi connectivity index (χ4n) is 0.567. The largest absolute Gasteiger partial charge is 0.508 e. The molecule has 1 aliphatic heterocycles. The van der Waals surface area contributed by atoms with E-state index >= 15 is 0 Å². The SMILES string of the molecule is CC1=CC(O)=CCO1. The van der Waals surface area contributed by atoms with Gasteiger partial charge in [0.1, 0.15) is 12.4 Å². The first-order valence-corrected chi connectivity index (χ1v) is 2.49. The third-order valence-corrected chi connectivity index (χ3v) is 0.955. The van der Waals surface area contributed by atoms with Gasteiger partial charge < -0.3 is 9.84 Å². The minimum absolute atomic E-state index is 0.300. The van der Waals surface area contributed by atoms with Crippen LogP contribution in [0.15, 0.2) is 23.7 Å². The minimum Gasteiger partial charge on any atom is -0.508 e. The summed E-state index contributed by atoms with van der Waals surface area (Å²) in [5.74, 6) is 1.07. The highest BCUT2D eigenvalue weighted by Gasteiger charge is 1.96. The molecule has 0 aromatic rings. The highest BCUT2D eigenvalue weighted by Crippen LogP contribution is 2.06. The molecule has 2 nitrogen and oxygen atoms in total. The molecule has 0 amide bonds. The van der Waals surface area contributed by atoms with Crippen molar-refractivity contribution < 1.29 is 9.84 Å². The predicted octanol–water partition coefficient (Wildman–Crippen LogP) is 1.36. The van der Waals surface area contributed by atoms with E-state index in [9.17, 15) is 0 Å². The van der Waals surface area contributed by atoms with Crippen LogP contribution >= 0.6 is 0 Å². The van der Waals surface area contributed by atoms with E-state index in [1.807, 2.05) is 6.92 Å². The molecule has 0 unspecified atom stereocenters. The van der Waals surface area contributed by atoms with Crippen molar-refractivity contribution in [2.45, 2.75) is 6.92 Å². The molecule has 0 aliphatic carbocycles. The molecule has 1 rings (SSSR count). The molecule has 2 heteroatoms. The second-order valence-corrected chi connectivity index (χ2v) is 1.69. The Morgan fingerprint density at radius 2 is 2.50 bits per heavy atom. The van der Waals surface area contributed by atoms with Gasteiger partial charge in [-0.1, -0.05) is 0 Å². The van der Waals surface area contributed by atoms with E-state index in [0.717, 1.165) is 5.76 Å². The Morgan fingerprint density at radius 3 is 2.88 bits per heavy atom. The third kappa shape index (κ3) is 1.03. The van der Waals surface area contributed by atoms with E-state index in [2.05, 4.69) is 0 Å². The number of hydrogen-bond acceptors (Lipinski definition) is 2. The van der Waals surface area contributed by atoms with Crippen LogP contribution in [0.25, 0.3) is 0 Å². The van der Waals surface area contributed by atoms with E-state index in [0.29, 0.717) is 12.4 Å². The molecule has 1 heterocycles. The van der Waals surface area contributed by atoms with E-state index in [1.54, 1.807) is 12.2 Å². The van der Waals surface area contributed by atoms with Gasteiger partial charge in [-0.25, -0.2) is 0 Å². The van der Waals surface area contributed by atoms with Gasteiger partial charge in [-0.3, -0.25) is 0 Å². The average molecular weight is 112 g/mol. The van der Waals surface area contributed by atoms with Crippen molar-refractivity contribution >= 4 is 0 Å². The van der Waals surface area contributed by atoms with Crippen LogP contribution in [0.5, 0.6) is 0 Å². The zero-order valence-corrected chi connectivity index (χ0v) is 4.72. The summed E-state index contributed by atoms with van der Waals surface area (Å²) in [5, 5.41) is 8.78. The van der Waals surface area contributed by atoms with Crippen LogP contribution in [0.1, 0.15) is 6.92 Å². The zero-order chi connectivity index (χ0) is 5.98. The van der Waals surface area contributed by atoms with Gasteiger partial charge >= 0.3 is 0 Å². The quantitative estimate of drug-likeness (QED) is 0.512. The fraction of sp³-hybridized carbons (Fsp3) is 0.333. The summed E-state index contributed by atoms with van der Waals surface area (Å²) < 4.78 is 4.97. The topological polar surface area (TPSA) is 29.5 Å². The zero-order valence-electron chi connectivity index (χ0n) is 4.72. The van der Waals surface area contributed by atoms with Crippen LogP contribution in [0.2, 0.25) is 0 Å². The molecule has 0 spiro atoms. The van der Waals surface area contributed by atoms with Crippen LogP contribution in [0.4, 0.5) is 0 Å². The summed E-state index contributed by atoms with van der Waals surface area (Å²) in [6.07, 6.45) is 3.20. The molecule has 0 atom stereocenters. The fourth-order valence-corrected chi connectivity index (χ4v) is 0.567. The Kier molecular flexibility index (Phi) is 1.24. The molecule has 0 radical (unpaired) electrons.